The van der Waals surface area contributed by atoms with Crippen LogP contribution in [0.15, 0.2) is 192 Å². The van der Waals surface area contributed by atoms with Gasteiger partial charge in [-0.15, -0.1) is 0 Å². The van der Waals surface area contributed by atoms with Gasteiger partial charge in [0, 0.05) is 42.6 Å². The molecule has 5 heteroatoms. The Hall–Kier alpha value is -6.57. The number of hydrogen-bond acceptors (Lipinski definition) is 4. The Labute approximate surface area is 333 Å². The lowest BCUT2D eigenvalue weighted by molar-refractivity contribution is 1.33. The van der Waals surface area contributed by atoms with Gasteiger partial charge in [0.1, 0.15) is 0 Å². The molecule has 0 radical (unpaired) electrons. The molecule has 7 aromatic carbocycles. The predicted octanol–water partition coefficient (Wildman–Crippen LogP) is 13.9. The van der Waals surface area contributed by atoms with Crippen LogP contribution in [0.1, 0.15) is 0 Å². The summed E-state index contributed by atoms with van der Waals surface area (Å²) in [5.41, 5.74) is 12.9. The number of benzene rings is 7. The smallest absolute Gasteiger partial charge is 0.0830 e. The summed E-state index contributed by atoms with van der Waals surface area (Å²) in [6.07, 6.45) is 12.5. The molecule has 0 unspecified atom stereocenters. The Morgan fingerprint density at radius 1 is 0.436 bits per heavy atom. The molecule has 0 amide bonds. The number of nitrogens with zero attached hydrogens (tertiary/aromatic N) is 4. The van der Waals surface area contributed by atoms with Crippen molar-refractivity contribution in [1.82, 2.24) is 15.0 Å². The van der Waals surface area contributed by atoms with Gasteiger partial charge in [0.2, 0.25) is 0 Å². The minimum atomic E-state index is 1.01. The SMILES string of the molecule is C=C/C=N/I.c1cnc2ccc(-c3ccc(-c4ccc5ccc6ccc(-c7cc(-c8ccncc8)cc(-c8ccncc8)c7)c7ccc4c5c67)cc3)cc2c1. The molecule has 0 saturated carbocycles. The summed E-state index contributed by atoms with van der Waals surface area (Å²) in [7, 11) is 0. The molecule has 0 atom stereocenters. The van der Waals surface area contributed by atoms with Gasteiger partial charge in [-0.05, 0) is 149 Å². The molecule has 0 aliphatic carbocycles. The summed E-state index contributed by atoms with van der Waals surface area (Å²) in [4.78, 5) is 13.0. The quantitative estimate of drug-likeness (QED) is 0.0954. The molecule has 3 aromatic heterocycles. The van der Waals surface area contributed by atoms with Crippen molar-refractivity contribution in [1.29, 1.82) is 0 Å². The lowest BCUT2D eigenvalue weighted by Gasteiger charge is -2.18. The number of hydrogen-bond donors (Lipinski definition) is 0. The molecule has 10 rings (SSSR count). The summed E-state index contributed by atoms with van der Waals surface area (Å²) in [5.74, 6) is 0. The minimum absolute atomic E-state index is 1.01. The largest absolute Gasteiger partial charge is 0.265 e. The van der Waals surface area contributed by atoms with Crippen molar-refractivity contribution >= 4 is 72.3 Å². The molecule has 0 aliphatic rings. The van der Waals surface area contributed by atoms with E-state index in [0.29, 0.717) is 0 Å². The second kappa shape index (κ2) is 15.0. The summed E-state index contributed by atoms with van der Waals surface area (Å²) in [6, 6.07) is 53.0. The van der Waals surface area contributed by atoms with Crippen LogP contribution in [-0.2, 0) is 0 Å². The third kappa shape index (κ3) is 6.64. The molecule has 0 N–H and O–H groups in total. The maximum absolute atomic E-state index is 4.48. The van der Waals surface area contributed by atoms with Crippen LogP contribution in [0.5, 0.6) is 0 Å². The average molecular weight is 817 g/mol. The molecule has 55 heavy (non-hydrogen) atoms. The highest BCUT2D eigenvalue weighted by Gasteiger charge is 2.16. The Bertz CT molecular complexity index is 2940. The highest BCUT2D eigenvalue weighted by atomic mass is 127. The summed E-state index contributed by atoms with van der Waals surface area (Å²) >= 11 is 1.89. The highest BCUT2D eigenvalue weighted by molar-refractivity contribution is 14.1. The molecular formula is C50H33IN4. The fraction of sp³-hybridized carbons (Fsp3) is 0. The Balaban J connectivity index is 0.000000748. The Morgan fingerprint density at radius 2 is 0.945 bits per heavy atom. The number of fused-ring (bicyclic) bond motifs is 1. The van der Waals surface area contributed by atoms with Crippen LogP contribution in [0.4, 0.5) is 0 Å². The van der Waals surface area contributed by atoms with Gasteiger partial charge in [-0.1, -0.05) is 97.6 Å². The van der Waals surface area contributed by atoms with Gasteiger partial charge in [-0.25, -0.2) is 3.21 Å². The van der Waals surface area contributed by atoms with E-state index in [1.54, 1.807) is 12.3 Å². The van der Waals surface area contributed by atoms with E-state index in [-0.39, 0.29) is 0 Å². The number of rotatable bonds is 6. The van der Waals surface area contributed by atoms with Gasteiger partial charge < -0.3 is 0 Å². The first kappa shape index (κ1) is 34.2. The fourth-order valence-corrected chi connectivity index (χ4v) is 7.87. The third-order valence-corrected chi connectivity index (χ3v) is 10.6. The molecule has 3 heterocycles. The molecule has 0 aliphatic heterocycles. The monoisotopic (exact) mass is 816 g/mol. The van der Waals surface area contributed by atoms with Crippen LogP contribution in [0, 0.1) is 0 Å². The van der Waals surface area contributed by atoms with Gasteiger partial charge in [0.05, 0.1) is 28.4 Å². The first-order valence-corrected chi connectivity index (χ1v) is 19.0. The molecule has 0 spiro atoms. The topological polar surface area (TPSA) is 51.0 Å². The van der Waals surface area contributed by atoms with Gasteiger partial charge in [0.15, 0.2) is 0 Å². The van der Waals surface area contributed by atoms with Crippen LogP contribution in [0.3, 0.4) is 0 Å². The van der Waals surface area contributed by atoms with Gasteiger partial charge in [-0.2, -0.15) is 0 Å². The summed E-state index contributed by atoms with van der Waals surface area (Å²) < 4.78 is 3.58. The van der Waals surface area contributed by atoms with Crippen LogP contribution >= 0.6 is 22.9 Å². The number of allylic oxidation sites excluding steroid dienone is 1. The van der Waals surface area contributed by atoms with Crippen molar-refractivity contribution in [2.24, 2.45) is 3.21 Å². The molecule has 4 nitrogen and oxygen atoms in total. The maximum Gasteiger partial charge on any atom is 0.0830 e. The Kier molecular flexibility index (Phi) is 9.36. The molecular weight excluding hydrogens is 783 g/mol. The normalized spacial score (nSPS) is 11.4. The first-order chi connectivity index (χ1) is 27.2. The average Bonchev–Trinajstić information content (AvgIpc) is 3.26. The molecule has 0 bridgehead atoms. The van der Waals surface area contributed by atoms with Crippen molar-refractivity contribution in [2.45, 2.75) is 0 Å². The van der Waals surface area contributed by atoms with Gasteiger partial charge in [0.25, 0.3) is 0 Å². The minimum Gasteiger partial charge on any atom is -0.265 e. The van der Waals surface area contributed by atoms with Crippen molar-refractivity contribution in [3.63, 3.8) is 0 Å². The predicted molar refractivity (Wildman–Crippen MR) is 241 cm³/mol. The van der Waals surface area contributed by atoms with E-state index in [4.69, 9.17) is 0 Å². The molecule has 0 saturated heterocycles. The zero-order valence-corrected chi connectivity index (χ0v) is 31.9. The first-order valence-electron chi connectivity index (χ1n) is 18.1. The second-order valence-electron chi connectivity index (χ2n) is 13.4. The number of aromatic nitrogens is 3. The fourth-order valence-electron chi connectivity index (χ4n) is 7.65. The highest BCUT2D eigenvalue weighted by Crippen LogP contribution is 2.44. The van der Waals surface area contributed by atoms with Crippen LogP contribution < -0.4 is 0 Å². The number of pyridine rings is 3. The van der Waals surface area contributed by atoms with Crippen LogP contribution in [0.2, 0.25) is 0 Å². The second-order valence-corrected chi connectivity index (χ2v) is 13.9. The summed E-state index contributed by atoms with van der Waals surface area (Å²) in [5, 5.41) is 8.79. The van der Waals surface area contributed by atoms with E-state index >= 15 is 0 Å². The molecule has 0 fully saturated rings. The van der Waals surface area contributed by atoms with Crippen molar-refractivity contribution in [3.8, 4) is 55.6 Å². The third-order valence-electron chi connectivity index (χ3n) is 10.2. The van der Waals surface area contributed by atoms with E-state index < -0.39 is 0 Å². The maximum atomic E-state index is 4.48. The van der Waals surface area contributed by atoms with Crippen LogP contribution in [0.25, 0.3) is 98.9 Å². The standard InChI is InChI=1S/C47H29N3.C3H4IN/c1-2-37-26-36(11-16-45(37)50-21-1)30-3-5-33(6-4-30)41-12-9-34-7-8-35-10-13-42(44-15-14-43(41)46(34)47(35)44)40-28-38(31-17-22-48-23-18-31)27-39(29-40)32-19-24-49-25-20-32;1-2-3-5-4/h1-29H;2-3H,1H2/b;5-3+. The van der Waals surface area contributed by atoms with E-state index in [2.05, 4.69) is 164 Å². The van der Waals surface area contributed by atoms with Gasteiger partial charge in [-0.3, -0.25) is 15.0 Å². The molecule has 10 aromatic rings. The molecule has 260 valence electrons. The summed E-state index contributed by atoms with van der Waals surface area (Å²) in [6.45, 7) is 3.40. The Morgan fingerprint density at radius 3 is 1.51 bits per heavy atom. The van der Waals surface area contributed by atoms with E-state index in [9.17, 15) is 0 Å². The van der Waals surface area contributed by atoms with E-state index in [1.807, 2.05) is 59.9 Å². The zero-order chi connectivity index (χ0) is 37.1. The lowest BCUT2D eigenvalue weighted by atomic mass is 9.86. The lowest BCUT2D eigenvalue weighted by Crippen LogP contribution is -1.91. The van der Waals surface area contributed by atoms with Crippen molar-refractivity contribution in [3.05, 3.63) is 189 Å². The number of halogens is 1. The van der Waals surface area contributed by atoms with Crippen LogP contribution in [-0.4, -0.2) is 21.2 Å². The zero-order valence-electron chi connectivity index (χ0n) is 29.8. The van der Waals surface area contributed by atoms with E-state index in [1.165, 1.54) is 65.7 Å². The van der Waals surface area contributed by atoms with Gasteiger partial charge >= 0.3 is 0 Å². The van der Waals surface area contributed by atoms with Crippen molar-refractivity contribution < 1.29 is 0 Å². The van der Waals surface area contributed by atoms with Crippen molar-refractivity contribution in [2.75, 3.05) is 0 Å². The van der Waals surface area contributed by atoms with E-state index in [0.717, 1.165) is 33.2 Å².